The SMILES string of the molecule is C/C=C1\N(C)C=C(C(=O)Nc2ccc(F)c(-c3cccc(-c4cc5c(c(OC)n4)C(C)CC5)c3Cl)c2C)C(=O)N1C.CC.CCC(C)CCC1(CC)CCC(=O)N1. The number of likely N-dealkylation sites (N-methyl/N-ethyl adjacent to an activating group) is 1. The van der Waals surface area contributed by atoms with Gasteiger partial charge in [-0.2, -0.15) is 0 Å². The van der Waals surface area contributed by atoms with Crippen molar-refractivity contribution < 1.29 is 23.5 Å². The normalized spacial score (nSPS) is 19.8. The number of carbonyl (C=O) groups excluding carboxylic acids is 3. The minimum atomic E-state index is -0.590. The average molecular weight is 802 g/mol. The van der Waals surface area contributed by atoms with Crippen molar-refractivity contribution in [2.45, 2.75) is 118 Å². The van der Waals surface area contributed by atoms with Gasteiger partial charge >= 0.3 is 0 Å². The van der Waals surface area contributed by atoms with E-state index in [4.69, 9.17) is 21.3 Å². The number of nitrogens with one attached hydrogen (secondary N) is 2. The Morgan fingerprint density at radius 1 is 1.16 bits per heavy atom. The molecule has 1 fully saturated rings. The summed E-state index contributed by atoms with van der Waals surface area (Å²) in [5.74, 6) is 1.13. The van der Waals surface area contributed by atoms with Gasteiger partial charge in [-0.05, 0) is 99.6 Å². The van der Waals surface area contributed by atoms with E-state index in [1.807, 2.05) is 32.9 Å². The molecule has 6 rings (SSSR count). The van der Waals surface area contributed by atoms with Crippen LogP contribution in [-0.2, 0) is 20.8 Å². The first-order valence-corrected chi connectivity index (χ1v) is 20.7. The number of carbonyl (C=O) groups is 3. The Labute approximate surface area is 344 Å². The molecule has 2 N–H and O–H groups in total. The molecule has 3 heterocycles. The van der Waals surface area contributed by atoms with Crippen LogP contribution >= 0.6 is 11.6 Å². The highest BCUT2D eigenvalue weighted by atomic mass is 35.5. The molecule has 308 valence electrons. The molecular formula is C46H61ClFN5O4. The zero-order valence-corrected chi connectivity index (χ0v) is 36.4. The van der Waals surface area contributed by atoms with Crippen LogP contribution in [0.25, 0.3) is 22.4 Å². The van der Waals surface area contributed by atoms with Crippen molar-refractivity contribution in [2.24, 2.45) is 5.92 Å². The minimum absolute atomic E-state index is 0.0307. The molecular weight excluding hydrogens is 741 g/mol. The summed E-state index contributed by atoms with van der Waals surface area (Å²) in [4.78, 5) is 45.2. The molecule has 0 bridgehead atoms. The Kier molecular flexibility index (Phi) is 15.5. The largest absolute Gasteiger partial charge is 0.481 e. The summed E-state index contributed by atoms with van der Waals surface area (Å²) in [6.45, 7) is 16.4. The zero-order valence-electron chi connectivity index (χ0n) is 35.7. The predicted octanol–water partition coefficient (Wildman–Crippen LogP) is 10.6. The Bertz CT molecular complexity index is 2030. The molecule has 3 amide bonds. The molecule has 9 nitrogen and oxygen atoms in total. The lowest BCUT2D eigenvalue weighted by atomic mass is 9.85. The van der Waals surface area contributed by atoms with Crippen LogP contribution in [0.5, 0.6) is 5.88 Å². The van der Waals surface area contributed by atoms with Crippen LogP contribution in [0.4, 0.5) is 10.1 Å². The number of amides is 3. The van der Waals surface area contributed by atoms with Gasteiger partial charge in [0.15, 0.2) is 0 Å². The molecule has 1 aliphatic carbocycles. The van der Waals surface area contributed by atoms with Gasteiger partial charge in [0.1, 0.15) is 17.2 Å². The summed E-state index contributed by atoms with van der Waals surface area (Å²) in [6.07, 6.45) is 11.7. The molecule has 3 aromatic rings. The van der Waals surface area contributed by atoms with Crippen LogP contribution < -0.4 is 15.4 Å². The summed E-state index contributed by atoms with van der Waals surface area (Å²) in [5, 5.41) is 6.29. The number of aryl methyl sites for hydroxylation is 1. The molecule has 1 saturated heterocycles. The van der Waals surface area contributed by atoms with E-state index >= 15 is 4.39 Å². The third kappa shape index (κ3) is 9.71. The van der Waals surface area contributed by atoms with Crippen LogP contribution in [0.3, 0.4) is 0 Å². The fraction of sp³-hybridized carbons (Fsp3) is 0.478. The van der Waals surface area contributed by atoms with Gasteiger partial charge in [0.05, 0.1) is 17.8 Å². The average Bonchev–Trinajstić information content (AvgIpc) is 3.79. The monoisotopic (exact) mass is 801 g/mol. The zero-order chi connectivity index (χ0) is 42.2. The highest BCUT2D eigenvalue weighted by molar-refractivity contribution is 6.36. The molecule has 0 spiro atoms. The molecule has 1 aromatic heterocycles. The number of allylic oxidation sites excluding steroid dienone is 1. The number of fused-ring (bicyclic) bond motifs is 1. The van der Waals surface area contributed by atoms with Crippen LogP contribution in [0.2, 0.25) is 5.02 Å². The molecule has 2 aromatic carbocycles. The molecule has 3 aliphatic rings. The first-order chi connectivity index (χ1) is 27.2. The molecule has 3 atom stereocenters. The first kappa shape index (κ1) is 45.0. The van der Waals surface area contributed by atoms with Gasteiger partial charge in [0.25, 0.3) is 11.8 Å². The highest BCUT2D eigenvalue weighted by Crippen LogP contribution is 2.44. The van der Waals surface area contributed by atoms with Crippen molar-refractivity contribution in [3.63, 3.8) is 0 Å². The van der Waals surface area contributed by atoms with Crippen LogP contribution in [0.1, 0.15) is 116 Å². The minimum Gasteiger partial charge on any atom is -0.481 e. The number of halogens is 2. The summed E-state index contributed by atoms with van der Waals surface area (Å²) in [6, 6.07) is 10.2. The molecule has 0 radical (unpaired) electrons. The number of hydrogen-bond acceptors (Lipinski definition) is 6. The summed E-state index contributed by atoms with van der Waals surface area (Å²) in [7, 11) is 4.98. The van der Waals surface area contributed by atoms with Crippen molar-refractivity contribution in [1.29, 1.82) is 0 Å². The second-order valence-corrected chi connectivity index (χ2v) is 15.5. The van der Waals surface area contributed by atoms with Gasteiger partial charge in [-0.3, -0.25) is 19.3 Å². The molecule has 0 saturated carbocycles. The predicted molar refractivity (Wildman–Crippen MR) is 230 cm³/mol. The van der Waals surface area contributed by atoms with Crippen LogP contribution in [0.15, 0.2) is 60.1 Å². The van der Waals surface area contributed by atoms with Gasteiger partial charge < -0.3 is 20.3 Å². The van der Waals surface area contributed by atoms with Crippen molar-refractivity contribution in [3.05, 3.63) is 87.6 Å². The lowest BCUT2D eigenvalue weighted by Crippen LogP contribution is -2.41. The summed E-state index contributed by atoms with van der Waals surface area (Å²) in [5.41, 5.74) is 5.29. The number of ether oxygens (including phenoxy) is 1. The standard InChI is InChI=1S/C32H32ClFN4O3.C12H23NO.C2H6/c1-7-26-37(4)16-22(32(40)38(26)5)30(39)35-24-14-13-23(34)28(18(24)3)21-10-8-9-20(29(21)33)25-15-19-12-11-17(2)27(19)31(36-25)41-6;1-4-10(3)6-8-12(5-2)9-7-11(14)13-12;1-2/h7-10,13-17H,11-12H2,1-6H3,(H,35,39);10H,4-9H2,1-3H3,(H,13,14);1-2H3/b26-7+;;. The number of methoxy groups -OCH3 is 1. The highest BCUT2D eigenvalue weighted by Gasteiger charge is 2.36. The quantitative estimate of drug-likeness (QED) is 0.198. The van der Waals surface area contributed by atoms with Crippen molar-refractivity contribution in [1.82, 2.24) is 20.1 Å². The van der Waals surface area contributed by atoms with E-state index < -0.39 is 17.6 Å². The van der Waals surface area contributed by atoms with E-state index in [0.717, 1.165) is 50.0 Å². The Morgan fingerprint density at radius 3 is 2.47 bits per heavy atom. The maximum Gasteiger partial charge on any atom is 0.266 e. The second kappa shape index (κ2) is 19.6. The number of hydrogen-bond donors (Lipinski definition) is 2. The summed E-state index contributed by atoms with van der Waals surface area (Å²) >= 11 is 6.95. The van der Waals surface area contributed by atoms with Crippen LogP contribution in [0, 0.1) is 18.7 Å². The lowest BCUT2D eigenvalue weighted by molar-refractivity contribution is -0.128. The number of anilines is 1. The van der Waals surface area contributed by atoms with E-state index in [9.17, 15) is 14.4 Å². The van der Waals surface area contributed by atoms with Crippen molar-refractivity contribution >= 4 is 35.0 Å². The third-order valence-corrected chi connectivity index (χ3v) is 12.0. The third-order valence-electron chi connectivity index (χ3n) is 11.6. The molecule has 2 aliphatic heterocycles. The van der Waals surface area contributed by atoms with Gasteiger partial charge in [-0.25, -0.2) is 9.37 Å². The summed E-state index contributed by atoms with van der Waals surface area (Å²) < 4.78 is 21.0. The van der Waals surface area contributed by atoms with Gasteiger partial charge in [-0.1, -0.05) is 77.8 Å². The molecule has 3 unspecified atom stereocenters. The fourth-order valence-corrected chi connectivity index (χ4v) is 8.22. The van der Waals surface area contributed by atoms with E-state index in [1.165, 1.54) is 41.6 Å². The molecule has 57 heavy (non-hydrogen) atoms. The Balaban J connectivity index is 0.000000379. The lowest BCUT2D eigenvalue weighted by Gasteiger charge is -2.32. The number of nitrogens with zero attached hydrogens (tertiary/aromatic N) is 3. The van der Waals surface area contributed by atoms with Crippen molar-refractivity contribution in [3.8, 4) is 28.3 Å². The van der Waals surface area contributed by atoms with E-state index in [-0.39, 0.29) is 22.6 Å². The maximum atomic E-state index is 15.4. The topological polar surface area (TPSA) is 104 Å². The second-order valence-electron chi connectivity index (χ2n) is 15.1. The number of pyridine rings is 1. The number of benzene rings is 2. The van der Waals surface area contributed by atoms with E-state index in [1.54, 1.807) is 51.2 Å². The van der Waals surface area contributed by atoms with Crippen molar-refractivity contribution in [2.75, 3.05) is 26.5 Å². The number of aromatic nitrogens is 1. The first-order valence-electron chi connectivity index (χ1n) is 20.4. The van der Waals surface area contributed by atoms with Gasteiger partial charge in [-0.15, -0.1) is 0 Å². The number of rotatable bonds is 10. The van der Waals surface area contributed by atoms with Gasteiger partial charge in [0.2, 0.25) is 11.8 Å². The van der Waals surface area contributed by atoms with Crippen LogP contribution in [-0.4, -0.2) is 59.2 Å². The maximum absolute atomic E-state index is 15.4. The van der Waals surface area contributed by atoms with E-state index in [0.29, 0.717) is 50.7 Å². The Morgan fingerprint density at radius 2 is 1.86 bits per heavy atom. The van der Waals surface area contributed by atoms with E-state index in [2.05, 4.69) is 38.3 Å². The smallest absolute Gasteiger partial charge is 0.266 e. The fourth-order valence-electron chi connectivity index (χ4n) is 7.90. The Hall–Kier alpha value is -4.70. The van der Waals surface area contributed by atoms with Gasteiger partial charge in [0, 0.05) is 60.2 Å². The molecule has 11 heteroatoms.